The Bertz CT molecular complexity index is 1000. The molecule has 3 aliphatic rings. The molecule has 0 aromatic heterocycles. The molecule has 0 spiro atoms. The Morgan fingerprint density at radius 3 is 2.35 bits per heavy atom. The van der Waals surface area contributed by atoms with Crippen LogP contribution in [0, 0.1) is 17.3 Å². The van der Waals surface area contributed by atoms with Gasteiger partial charge in [0.05, 0.1) is 12.0 Å². The predicted molar refractivity (Wildman–Crippen MR) is 137 cm³/mol. The van der Waals surface area contributed by atoms with Gasteiger partial charge < -0.3 is 9.84 Å². The van der Waals surface area contributed by atoms with Gasteiger partial charge in [-0.3, -0.25) is 9.69 Å². The second-order valence-electron chi connectivity index (χ2n) is 12.2. The molecule has 2 heterocycles. The highest BCUT2D eigenvalue weighted by atomic mass is 16.5. The maximum Gasteiger partial charge on any atom is 0.306 e. The molecule has 2 bridgehead atoms. The number of rotatable bonds is 5. The number of fused-ring (bicyclic) bond motifs is 3. The van der Waals surface area contributed by atoms with Gasteiger partial charge >= 0.3 is 5.97 Å². The van der Waals surface area contributed by atoms with Gasteiger partial charge in [0.2, 0.25) is 0 Å². The standard InChI is InChI=1S/C30H41NO3/c1-30(2,3)23-11-13-26(14-12-23)34-28-9-4-6-21-16-20(10-15-27(21)28)19-31-24-7-5-8-25(31)18-22(17-24)29(32)33/h4,6,9-10,15-16,22-26H,5,7-8,11-14,17-19H2,1-3H3,(H,32,33)/t22?,23-,24?,25?,26-. The highest BCUT2D eigenvalue weighted by molar-refractivity contribution is 5.88. The van der Waals surface area contributed by atoms with Crippen molar-refractivity contribution in [1.82, 2.24) is 4.90 Å². The minimum Gasteiger partial charge on any atom is -0.490 e. The first-order valence-electron chi connectivity index (χ1n) is 13.4. The number of nitrogens with zero attached hydrogens (tertiary/aromatic N) is 1. The van der Waals surface area contributed by atoms with Crippen molar-refractivity contribution >= 4 is 16.7 Å². The lowest BCUT2D eigenvalue weighted by molar-refractivity contribution is -0.146. The molecule has 1 aliphatic carbocycles. The number of benzene rings is 2. The second kappa shape index (κ2) is 9.53. The highest BCUT2D eigenvalue weighted by Gasteiger charge is 2.40. The van der Waals surface area contributed by atoms with Crippen LogP contribution in [0.4, 0.5) is 0 Å². The van der Waals surface area contributed by atoms with Crippen LogP contribution in [-0.4, -0.2) is 34.2 Å². The topological polar surface area (TPSA) is 49.8 Å². The van der Waals surface area contributed by atoms with E-state index in [0.717, 1.165) is 56.7 Å². The molecular weight excluding hydrogens is 422 g/mol. The second-order valence-corrected chi connectivity index (χ2v) is 12.2. The lowest BCUT2D eigenvalue weighted by Gasteiger charge is -2.48. The number of hydrogen-bond donors (Lipinski definition) is 1. The van der Waals surface area contributed by atoms with Gasteiger partial charge in [0.25, 0.3) is 0 Å². The van der Waals surface area contributed by atoms with Crippen LogP contribution >= 0.6 is 0 Å². The largest absolute Gasteiger partial charge is 0.490 e. The minimum absolute atomic E-state index is 0.165. The molecule has 3 fully saturated rings. The zero-order valence-corrected chi connectivity index (χ0v) is 21.1. The number of carboxylic acids is 1. The summed E-state index contributed by atoms with van der Waals surface area (Å²) in [6.45, 7) is 8.01. The van der Waals surface area contributed by atoms with Gasteiger partial charge in [-0.15, -0.1) is 0 Å². The molecule has 2 aromatic carbocycles. The van der Waals surface area contributed by atoms with Gasteiger partial charge in [-0.2, -0.15) is 0 Å². The third-order valence-electron chi connectivity index (χ3n) is 8.94. The average Bonchev–Trinajstić information content (AvgIpc) is 2.78. The molecule has 0 radical (unpaired) electrons. The lowest BCUT2D eigenvalue weighted by Crippen LogP contribution is -2.52. The van der Waals surface area contributed by atoms with E-state index in [9.17, 15) is 9.90 Å². The fourth-order valence-corrected chi connectivity index (χ4v) is 6.88. The maximum atomic E-state index is 11.6. The molecular formula is C30H41NO3. The van der Waals surface area contributed by atoms with Crippen molar-refractivity contribution in [1.29, 1.82) is 0 Å². The van der Waals surface area contributed by atoms with E-state index in [1.165, 1.54) is 35.6 Å². The average molecular weight is 464 g/mol. The first-order chi connectivity index (χ1) is 16.3. The minimum atomic E-state index is -0.610. The van der Waals surface area contributed by atoms with E-state index in [0.29, 0.717) is 23.6 Å². The number of ether oxygens (including phenoxy) is 1. The summed E-state index contributed by atoms with van der Waals surface area (Å²) in [5.74, 6) is 1.04. The maximum absolute atomic E-state index is 11.6. The highest BCUT2D eigenvalue weighted by Crippen LogP contribution is 2.40. The Hall–Kier alpha value is -2.07. The van der Waals surface area contributed by atoms with Crippen LogP contribution in [0.3, 0.4) is 0 Å². The number of hydrogen-bond acceptors (Lipinski definition) is 3. The normalized spacial score (nSPS) is 30.3. The Morgan fingerprint density at radius 1 is 1.00 bits per heavy atom. The quantitative estimate of drug-likeness (QED) is 0.516. The smallest absolute Gasteiger partial charge is 0.306 e. The van der Waals surface area contributed by atoms with E-state index in [2.05, 4.69) is 62.1 Å². The van der Waals surface area contributed by atoms with Gasteiger partial charge in [-0.05, 0) is 85.8 Å². The molecule has 1 N–H and O–H groups in total. The summed E-state index contributed by atoms with van der Waals surface area (Å²) in [4.78, 5) is 14.2. The summed E-state index contributed by atoms with van der Waals surface area (Å²) in [5, 5.41) is 12.0. The monoisotopic (exact) mass is 463 g/mol. The SMILES string of the molecule is CC(C)(C)[C@H]1CC[C@H](Oc2cccc3cc(CN4C5CCCC4CC(C(=O)O)C5)ccc23)CC1. The summed E-state index contributed by atoms with van der Waals surface area (Å²) in [7, 11) is 0. The van der Waals surface area contributed by atoms with Crippen LogP contribution in [0.1, 0.15) is 84.1 Å². The van der Waals surface area contributed by atoms with Crippen molar-refractivity contribution in [3.63, 3.8) is 0 Å². The van der Waals surface area contributed by atoms with E-state index in [1.54, 1.807) is 0 Å². The Kier molecular flexibility index (Phi) is 6.63. The van der Waals surface area contributed by atoms with Crippen molar-refractivity contribution in [3.8, 4) is 5.75 Å². The van der Waals surface area contributed by atoms with E-state index in [-0.39, 0.29) is 5.92 Å². The number of piperidine rings is 2. The van der Waals surface area contributed by atoms with Crippen LogP contribution < -0.4 is 4.74 Å². The van der Waals surface area contributed by atoms with E-state index in [1.807, 2.05) is 0 Å². The third-order valence-corrected chi connectivity index (χ3v) is 8.94. The zero-order valence-electron chi connectivity index (χ0n) is 21.1. The Labute approximate surface area is 204 Å². The van der Waals surface area contributed by atoms with Crippen LogP contribution in [0.25, 0.3) is 10.8 Å². The molecule has 1 saturated carbocycles. The summed E-state index contributed by atoms with van der Waals surface area (Å²) < 4.78 is 6.55. The van der Waals surface area contributed by atoms with Gasteiger partial charge in [-0.25, -0.2) is 0 Å². The molecule has 4 heteroatoms. The van der Waals surface area contributed by atoms with Crippen molar-refractivity contribution in [2.45, 2.75) is 103 Å². The summed E-state index contributed by atoms with van der Waals surface area (Å²) in [5.41, 5.74) is 1.71. The lowest BCUT2D eigenvalue weighted by atomic mass is 9.72. The number of aliphatic carboxylic acids is 1. The Balaban J connectivity index is 1.27. The molecule has 2 saturated heterocycles. The number of carboxylic acid groups (broad SMARTS) is 1. The first-order valence-corrected chi connectivity index (χ1v) is 13.4. The molecule has 184 valence electrons. The first kappa shape index (κ1) is 23.7. The van der Waals surface area contributed by atoms with E-state index < -0.39 is 5.97 Å². The zero-order chi connectivity index (χ0) is 23.9. The summed E-state index contributed by atoms with van der Waals surface area (Å²) in [6, 6.07) is 14.1. The third kappa shape index (κ3) is 4.98. The van der Waals surface area contributed by atoms with Gasteiger partial charge in [0, 0.05) is 24.0 Å². The van der Waals surface area contributed by atoms with Crippen molar-refractivity contribution in [2.75, 3.05) is 0 Å². The van der Waals surface area contributed by atoms with Crippen molar-refractivity contribution < 1.29 is 14.6 Å². The fraction of sp³-hybridized carbons (Fsp3) is 0.633. The molecule has 2 aromatic rings. The molecule has 2 unspecified atom stereocenters. The van der Waals surface area contributed by atoms with Gasteiger partial charge in [0.1, 0.15) is 5.75 Å². The van der Waals surface area contributed by atoms with Crippen LogP contribution in [0.5, 0.6) is 5.75 Å². The fourth-order valence-electron chi connectivity index (χ4n) is 6.88. The molecule has 0 amide bonds. The molecule has 2 aliphatic heterocycles. The molecule has 4 nitrogen and oxygen atoms in total. The van der Waals surface area contributed by atoms with Crippen molar-refractivity contribution in [2.24, 2.45) is 17.3 Å². The van der Waals surface area contributed by atoms with E-state index >= 15 is 0 Å². The van der Waals surface area contributed by atoms with Gasteiger partial charge in [0.15, 0.2) is 0 Å². The number of carbonyl (C=O) groups is 1. The predicted octanol–water partition coefficient (Wildman–Crippen LogP) is 7.04. The molecule has 34 heavy (non-hydrogen) atoms. The molecule has 2 atom stereocenters. The summed E-state index contributed by atoms with van der Waals surface area (Å²) in [6.07, 6.45) is 10.2. The summed E-state index contributed by atoms with van der Waals surface area (Å²) >= 11 is 0. The van der Waals surface area contributed by atoms with Crippen LogP contribution in [0.15, 0.2) is 36.4 Å². The molecule has 5 rings (SSSR count). The van der Waals surface area contributed by atoms with Crippen LogP contribution in [0.2, 0.25) is 0 Å². The van der Waals surface area contributed by atoms with E-state index in [4.69, 9.17) is 4.74 Å². The van der Waals surface area contributed by atoms with Crippen LogP contribution in [-0.2, 0) is 11.3 Å². The van der Waals surface area contributed by atoms with Gasteiger partial charge in [-0.1, -0.05) is 51.5 Å². The van der Waals surface area contributed by atoms with Crippen molar-refractivity contribution in [3.05, 3.63) is 42.0 Å². The Morgan fingerprint density at radius 2 is 1.71 bits per heavy atom.